The van der Waals surface area contributed by atoms with E-state index in [9.17, 15) is 18.0 Å². The average molecular weight is 345 g/mol. The first-order valence-corrected chi connectivity index (χ1v) is 5.19. The fourth-order valence-electron chi connectivity index (χ4n) is 0.984. The maximum absolute atomic E-state index is 11.9. The predicted molar refractivity (Wildman–Crippen MR) is 60.1 cm³/mol. The van der Waals surface area contributed by atoms with Gasteiger partial charge in [-0.15, -0.1) is 13.2 Å². The van der Waals surface area contributed by atoms with Crippen molar-refractivity contribution >= 4 is 34.2 Å². The van der Waals surface area contributed by atoms with Gasteiger partial charge < -0.3 is 10.1 Å². The van der Waals surface area contributed by atoms with Gasteiger partial charge in [-0.25, -0.2) is 0 Å². The summed E-state index contributed by atoms with van der Waals surface area (Å²) in [5.41, 5.74) is 0.447. The number of ether oxygens (including phenoxy) is 1. The molecule has 1 amide bonds. The maximum Gasteiger partial charge on any atom is 0.573 e. The Kier molecular flexibility index (Phi) is 4.00. The number of hydrogen-bond acceptors (Lipinski definition) is 2. The molecule has 0 atom stereocenters. The van der Waals surface area contributed by atoms with Crippen LogP contribution in [0.2, 0.25) is 0 Å². The third-order valence-corrected chi connectivity index (χ3v) is 2.38. The third kappa shape index (κ3) is 4.25. The third-order valence-electron chi connectivity index (χ3n) is 1.48. The number of anilines is 1. The Labute approximate surface area is 103 Å². The topological polar surface area (TPSA) is 38.3 Å². The van der Waals surface area contributed by atoms with Crippen LogP contribution >= 0.6 is 22.6 Å². The summed E-state index contributed by atoms with van der Waals surface area (Å²) >= 11 is 1.81. The molecule has 1 aromatic rings. The maximum atomic E-state index is 11.9. The van der Waals surface area contributed by atoms with Crippen LogP contribution in [0.25, 0.3) is 0 Å². The predicted octanol–water partition coefficient (Wildman–Crippen LogP) is 3.15. The fourth-order valence-corrected chi connectivity index (χ4v) is 1.61. The molecule has 0 fully saturated rings. The molecule has 1 aromatic carbocycles. The van der Waals surface area contributed by atoms with Crippen LogP contribution in [0.4, 0.5) is 18.9 Å². The van der Waals surface area contributed by atoms with Crippen molar-refractivity contribution in [2.24, 2.45) is 0 Å². The highest BCUT2D eigenvalue weighted by atomic mass is 127. The number of carbonyl (C=O) groups is 1. The van der Waals surface area contributed by atoms with E-state index < -0.39 is 6.36 Å². The van der Waals surface area contributed by atoms with Crippen molar-refractivity contribution in [3.05, 3.63) is 21.8 Å². The lowest BCUT2D eigenvalue weighted by Crippen LogP contribution is -2.17. The molecule has 1 N–H and O–H groups in total. The highest BCUT2D eigenvalue weighted by Crippen LogP contribution is 2.28. The van der Waals surface area contributed by atoms with E-state index in [0.29, 0.717) is 9.26 Å². The number of carbonyl (C=O) groups excluding carboxylic acids is 1. The van der Waals surface area contributed by atoms with E-state index in [1.54, 1.807) is 0 Å². The smallest absolute Gasteiger partial charge is 0.406 e. The van der Waals surface area contributed by atoms with Crippen LogP contribution in [-0.4, -0.2) is 12.3 Å². The van der Waals surface area contributed by atoms with Gasteiger partial charge in [0, 0.05) is 10.5 Å². The van der Waals surface area contributed by atoms with Crippen molar-refractivity contribution in [2.45, 2.75) is 13.3 Å². The summed E-state index contributed by atoms with van der Waals surface area (Å²) in [6.07, 6.45) is -4.71. The van der Waals surface area contributed by atoms with Crippen molar-refractivity contribution in [3.63, 3.8) is 0 Å². The Balaban J connectivity index is 2.87. The van der Waals surface area contributed by atoms with Gasteiger partial charge in [-0.05, 0) is 40.8 Å². The molecule has 0 radical (unpaired) electrons. The lowest BCUT2D eigenvalue weighted by Gasteiger charge is -2.11. The molecule has 0 saturated heterocycles. The summed E-state index contributed by atoms with van der Waals surface area (Å²) in [5.74, 6) is -0.603. The minimum Gasteiger partial charge on any atom is -0.406 e. The number of halogens is 4. The molecule has 7 heteroatoms. The van der Waals surface area contributed by atoms with Crippen LogP contribution in [0, 0.1) is 3.57 Å². The molecule has 1 rings (SSSR count). The number of amides is 1. The highest BCUT2D eigenvalue weighted by molar-refractivity contribution is 14.1. The van der Waals surface area contributed by atoms with Gasteiger partial charge in [-0.3, -0.25) is 4.79 Å². The average Bonchev–Trinajstić information content (AvgIpc) is 2.06. The first-order valence-electron chi connectivity index (χ1n) is 4.11. The van der Waals surface area contributed by atoms with E-state index >= 15 is 0 Å². The molecule has 0 spiro atoms. The molecule has 0 heterocycles. The quantitative estimate of drug-likeness (QED) is 0.837. The number of rotatable bonds is 2. The number of alkyl halides is 3. The molecule has 0 aliphatic rings. The zero-order chi connectivity index (χ0) is 12.3. The van der Waals surface area contributed by atoms with Gasteiger partial charge in [0.25, 0.3) is 0 Å². The summed E-state index contributed by atoms with van der Waals surface area (Å²) in [6.45, 7) is 1.32. The normalized spacial score (nSPS) is 11.1. The summed E-state index contributed by atoms with van der Waals surface area (Å²) in [6, 6.07) is 3.69. The first kappa shape index (κ1) is 13.1. The van der Waals surface area contributed by atoms with Crippen LogP contribution in [-0.2, 0) is 4.79 Å². The Hall–Kier alpha value is -0.990. The molecule has 0 bridgehead atoms. The molecular weight excluding hydrogens is 338 g/mol. The van der Waals surface area contributed by atoms with E-state index in [4.69, 9.17) is 0 Å². The van der Waals surface area contributed by atoms with Crippen molar-refractivity contribution in [1.29, 1.82) is 0 Å². The summed E-state index contributed by atoms with van der Waals surface area (Å²) < 4.78 is 39.9. The summed E-state index contributed by atoms with van der Waals surface area (Å²) in [7, 11) is 0. The van der Waals surface area contributed by atoms with Gasteiger partial charge in [-0.2, -0.15) is 0 Å². The van der Waals surface area contributed by atoms with Crippen LogP contribution in [0.5, 0.6) is 5.75 Å². The zero-order valence-corrected chi connectivity index (χ0v) is 10.2. The standard InChI is InChI=1S/C9H7F3INO2/c1-5(15)14-8-3-2-6(4-7(8)13)16-9(10,11)12/h2-4H,1H3,(H,14,15). The van der Waals surface area contributed by atoms with Crippen molar-refractivity contribution in [3.8, 4) is 5.75 Å². The summed E-state index contributed by atoms with van der Waals surface area (Å²) in [4.78, 5) is 10.8. The summed E-state index contributed by atoms with van der Waals surface area (Å²) in [5, 5.41) is 2.48. The Morgan fingerprint density at radius 3 is 2.50 bits per heavy atom. The van der Waals surface area contributed by atoms with Gasteiger partial charge >= 0.3 is 6.36 Å². The van der Waals surface area contributed by atoms with Gasteiger partial charge in [-0.1, -0.05) is 0 Å². The van der Waals surface area contributed by atoms with Crippen LogP contribution in [0.1, 0.15) is 6.92 Å². The van der Waals surface area contributed by atoms with E-state index in [1.165, 1.54) is 19.1 Å². The largest absolute Gasteiger partial charge is 0.573 e. The van der Waals surface area contributed by atoms with Crippen LogP contribution in [0.15, 0.2) is 18.2 Å². The van der Waals surface area contributed by atoms with Crippen LogP contribution in [0.3, 0.4) is 0 Å². The monoisotopic (exact) mass is 345 g/mol. The number of benzene rings is 1. The van der Waals surface area contributed by atoms with Crippen molar-refractivity contribution in [1.82, 2.24) is 0 Å². The molecule has 88 valence electrons. The molecule has 0 aliphatic carbocycles. The van der Waals surface area contributed by atoms with Crippen molar-refractivity contribution in [2.75, 3.05) is 5.32 Å². The molecule has 0 aromatic heterocycles. The zero-order valence-electron chi connectivity index (χ0n) is 8.06. The second kappa shape index (κ2) is 4.89. The number of nitrogens with one attached hydrogen (secondary N) is 1. The van der Waals surface area contributed by atoms with E-state index in [0.717, 1.165) is 6.07 Å². The van der Waals surface area contributed by atoms with Crippen molar-refractivity contribution < 1.29 is 22.7 Å². The van der Waals surface area contributed by atoms with Gasteiger partial charge in [0.05, 0.1) is 5.69 Å². The van der Waals surface area contributed by atoms with E-state index in [1.807, 2.05) is 22.6 Å². The molecular formula is C9H7F3INO2. The minimum absolute atomic E-state index is 0.289. The SMILES string of the molecule is CC(=O)Nc1ccc(OC(F)(F)F)cc1I. The lowest BCUT2D eigenvalue weighted by molar-refractivity contribution is -0.274. The highest BCUT2D eigenvalue weighted by Gasteiger charge is 2.31. The molecule has 0 saturated carbocycles. The molecule has 16 heavy (non-hydrogen) atoms. The minimum atomic E-state index is -4.71. The lowest BCUT2D eigenvalue weighted by atomic mass is 10.3. The molecule has 0 unspecified atom stereocenters. The molecule has 0 aliphatic heterocycles. The van der Waals surface area contributed by atoms with Crippen LogP contribution < -0.4 is 10.1 Å². The second-order valence-electron chi connectivity index (χ2n) is 2.87. The van der Waals surface area contributed by atoms with Gasteiger partial charge in [0.1, 0.15) is 5.75 Å². The molecule has 3 nitrogen and oxygen atoms in total. The van der Waals surface area contributed by atoms with E-state index in [-0.39, 0.29) is 11.7 Å². The fraction of sp³-hybridized carbons (Fsp3) is 0.222. The van der Waals surface area contributed by atoms with Gasteiger partial charge in [0.2, 0.25) is 5.91 Å². The first-order chi connectivity index (χ1) is 7.28. The van der Waals surface area contributed by atoms with E-state index in [2.05, 4.69) is 10.1 Å². The van der Waals surface area contributed by atoms with Gasteiger partial charge in [0.15, 0.2) is 0 Å². The Bertz CT molecular complexity index is 406. The second-order valence-corrected chi connectivity index (χ2v) is 4.03. The Morgan fingerprint density at radius 1 is 1.44 bits per heavy atom. The Morgan fingerprint density at radius 2 is 2.06 bits per heavy atom. The number of hydrogen-bond donors (Lipinski definition) is 1.